The fraction of sp³-hybridized carbons (Fsp3) is 0.231. The first-order valence-electron chi connectivity index (χ1n) is 5.74. The predicted octanol–water partition coefficient (Wildman–Crippen LogP) is 2.37. The Bertz CT molecular complexity index is 548. The number of aromatic nitrogens is 2. The Morgan fingerprint density at radius 2 is 2.28 bits per heavy atom. The Morgan fingerprint density at radius 1 is 1.50 bits per heavy atom. The Kier molecular flexibility index (Phi) is 3.32. The van der Waals surface area contributed by atoms with Crippen molar-refractivity contribution in [3.05, 3.63) is 42.0 Å². The van der Waals surface area contributed by atoms with Gasteiger partial charge in [-0.3, -0.25) is 4.79 Å². The van der Waals surface area contributed by atoms with Crippen molar-refractivity contribution in [1.82, 2.24) is 9.97 Å². The number of carbonyl (C=O) groups is 1. The summed E-state index contributed by atoms with van der Waals surface area (Å²) >= 11 is 0. The van der Waals surface area contributed by atoms with Crippen molar-refractivity contribution >= 4 is 17.2 Å². The number of nitrogens with one attached hydrogen (secondary N) is 2. The third-order valence-corrected chi connectivity index (χ3v) is 2.74. The van der Waals surface area contributed by atoms with Gasteiger partial charge in [0.05, 0.1) is 6.04 Å². The van der Waals surface area contributed by atoms with Crippen molar-refractivity contribution in [2.45, 2.75) is 19.9 Å². The van der Waals surface area contributed by atoms with Crippen LogP contribution in [0.1, 0.15) is 36.1 Å². The fourth-order valence-corrected chi connectivity index (χ4v) is 1.81. The molecule has 94 valence electrons. The summed E-state index contributed by atoms with van der Waals surface area (Å²) in [6.07, 6.45) is 3.49. The Labute approximate surface area is 105 Å². The molecule has 1 heterocycles. The number of benzene rings is 1. The van der Waals surface area contributed by atoms with Crippen molar-refractivity contribution in [3.8, 4) is 0 Å². The average molecular weight is 244 g/mol. The molecule has 0 aliphatic heterocycles. The Hall–Kier alpha value is -2.30. The van der Waals surface area contributed by atoms with Crippen LogP contribution >= 0.6 is 0 Å². The quantitative estimate of drug-likeness (QED) is 0.569. The summed E-state index contributed by atoms with van der Waals surface area (Å²) < 4.78 is 0. The van der Waals surface area contributed by atoms with E-state index in [1.165, 1.54) is 6.92 Å². The van der Waals surface area contributed by atoms with Crippen LogP contribution < -0.4 is 11.1 Å². The Morgan fingerprint density at radius 3 is 2.83 bits per heavy atom. The van der Waals surface area contributed by atoms with E-state index in [0.717, 1.165) is 11.5 Å². The number of nitrogen functional groups attached to an aromatic ring is 1. The summed E-state index contributed by atoms with van der Waals surface area (Å²) in [6, 6.07) is 5.37. The van der Waals surface area contributed by atoms with Crippen molar-refractivity contribution < 1.29 is 4.79 Å². The largest absolute Gasteiger partial charge is 0.398 e. The highest BCUT2D eigenvalue weighted by atomic mass is 16.1. The van der Waals surface area contributed by atoms with E-state index < -0.39 is 0 Å². The van der Waals surface area contributed by atoms with Gasteiger partial charge < -0.3 is 16.0 Å². The minimum Gasteiger partial charge on any atom is -0.398 e. The maximum atomic E-state index is 11.3. The van der Waals surface area contributed by atoms with E-state index in [2.05, 4.69) is 15.3 Å². The summed E-state index contributed by atoms with van der Waals surface area (Å²) in [5, 5.41) is 3.27. The van der Waals surface area contributed by atoms with E-state index in [4.69, 9.17) is 5.73 Å². The topological polar surface area (TPSA) is 83.8 Å². The Balaban J connectivity index is 2.15. The summed E-state index contributed by atoms with van der Waals surface area (Å²) in [5.74, 6) is 0.822. The van der Waals surface area contributed by atoms with E-state index >= 15 is 0 Å². The number of imidazole rings is 1. The van der Waals surface area contributed by atoms with Crippen LogP contribution in [0.4, 0.5) is 11.4 Å². The molecular weight excluding hydrogens is 228 g/mol. The molecule has 0 aliphatic rings. The van der Waals surface area contributed by atoms with Crippen LogP contribution in [0.5, 0.6) is 0 Å². The lowest BCUT2D eigenvalue weighted by atomic mass is 10.1. The molecule has 0 amide bonds. The molecule has 0 bridgehead atoms. The molecule has 0 spiro atoms. The first kappa shape index (κ1) is 12.2. The molecule has 0 aliphatic carbocycles. The van der Waals surface area contributed by atoms with Crippen molar-refractivity contribution in [2.24, 2.45) is 0 Å². The molecule has 5 heteroatoms. The lowest BCUT2D eigenvalue weighted by Crippen LogP contribution is -2.09. The normalized spacial score (nSPS) is 12.1. The van der Waals surface area contributed by atoms with Crippen molar-refractivity contribution in [2.75, 3.05) is 11.1 Å². The number of H-pyrrole nitrogens is 1. The molecule has 0 saturated carbocycles. The van der Waals surface area contributed by atoms with E-state index in [1.54, 1.807) is 24.5 Å². The number of Topliss-reactive ketones (excluding diaryl/α,β-unsaturated/α-hetero) is 1. The second-order valence-electron chi connectivity index (χ2n) is 4.20. The van der Waals surface area contributed by atoms with Gasteiger partial charge in [0.2, 0.25) is 0 Å². The number of rotatable bonds is 4. The molecular formula is C13H16N4O. The number of ketones is 1. The SMILES string of the molecule is CC(=O)c1ccc(NC(C)c2ncc[nH]2)cc1N. The van der Waals surface area contributed by atoms with Gasteiger partial charge in [0, 0.05) is 29.3 Å². The van der Waals surface area contributed by atoms with Crippen LogP contribution in [0.25, 0.3) is 0 Å². The summed E-state index contributed by atoms with van der Waals surface area (Å²) in [6.45, 7) is 3.50. The zero-order chi connectivity index (χ0) is 13.1. The number of nitrogens with zero attached hydrogens (tertiary/aromatic N) is 1. The van der Waals surface area contributed by atoms with Crippen LogP contribution in [0.15, 0.2) is 30.6 Å². The van der Waals surface area contributed by atoms with Crippen LogP contribution in [-0.4, -0.2) is 15.8 Å². The van der Waals surface area contributed by atoms with Crippen LogP contribution in [-0.2, 0) is 0 Å². The minimum absolute atomic E-state index is 0.0295. The minimum atomic E-state index is -0.0295. The molecule has 4 N–H and O–H groups in total. The molecule has 1 aromatic carbocycles. The molecule has 2 aromatic rings. The fourth-order valence-electron chi connectivity index (χ4n) is 1.81. The number of anilines is 2. The van der Waals surface area contributed by atoms with Crippen molar-refractivity contribution in [1.29, 1.82) is 0 Å². The van der Waals surface area contributed by atoms with Crippen molar-refractivity contribution in [3.63, 3.8) is 0 Å². The molecule has 0 fully saturated rings. The average Bonchev–Trinajstić information content (AvgIpc) is 2.81. The van der Waals surface area contributed by atoms with Gasteiger partial charge in [-0.1, -0.05) is 0 Å². The number of hydrogen-bond acceptors (Lipinski definition) is 4. The predicted molar refractivity (Wildman–Crippen MR) is 71.5 cm³/mol. The molecule has 0 saturated heterocycles. The third kappa shape index (κ3) is 2.51. The standard InChI is InChI=1S/C13H16N4O/c1-8(13-15-5-6-16-13)17-10-3-4-11(9(2)18)12(14)7-10/h3-8,17H,14H2,1-2H3,(H,15,16). The number of carbonyl (C=O) groups excluding carboxylic acids is 1. The number of nitrogens with two attached hydrogens (primary N) is 1. The van der Waals surface area contributed by atoms with E-state index in [0.29, 0.717) is 11.3 Å². The molecule has 1 unspecified atom stereocenters. The second-order valence-corrected chi connectivity index (χ2v) is 4.20. The van der Waals surface area contributed by atoms with E-state index in [9.17, 15) is 4.79 Å². The second kappa shape index (κ2) is 4.91. The summed E-state index contributed by atoms with van der Waals surface area (Å²) in [4.78, 5) is 18.5. The van der Waals surface area contributed by atoms with Crippen LogP contribution in [0, 0.1) is 0 Å². The zero-order valence-electron chi connectivity index (χ0n) is 10.4. The first-order valence-corrected chi connectivity index (χ1v) is 5.74. The zero-order valence-corrected chi connectivity index (χ0v) is 10.4. The van der Waals surface area contributed by atoms with Gasteiger partial charge >= 0.3 is 0 Å². The molecule has 18 heavy (non-hydrogen) atoms. The first-order chi connectivity index (χ1) is 8.58. The molecule has 1 aromatic heterocycles. The van der Waals surface area contributed by atoms with Crippen LogP contribution in [0.2, 0.25) is 0 Å². The maximum Gasteiger partial charge on any atom is 0.161 e. The lowest BCUT2D eigenvalue weighted by Gasteiger charge is -2.14. The molecule has 0 radical (unpaired) electrons. The van der Waals surface area contributed by atoms with Gasteiger partial charge in [0.25, 0.3) is 0 Å². The highest BCUT2D eigenvalue weighted by molar-refractivity contribution is 5.99. The molecule has 2 rings (SSSR count). The highest BCUT2D eigenvalue weighted by Crippen LogP contribution is 2.21. The number of hydrogen-bond donors (Lipinski definition) is 3. The van der Waals surface area contributed by atoms with Gasteiger partial charge in [0.15, 0.2) is 5.78 Å². The van der Waals surface area contributed by atoms with Gasteiger partial charge in [-0.2, -0.15) is 0 Å². The number of aromatic amines is 1. The molecule has 1 atom stereocenters. The monoisotopic (exact) mass is 244 g/mol. The van der Waals surface area contributed by atoms with Gasteiger partial charge in [-0.15, -0.1) is 0 Å². The third-order valence-electron chi connectivity index (χ3n) is 2.74. The van der Waals surface area contributed by atoms with Gasteiger partial charge in [0.1, 0.15) is 5.82 Å². The lowest BCUT2D eigenvalue weighted by molar-refractivity contribution is 0.101. The molecule has 5 nitrogen and oxygen atoms in total. The van der Waals surface area contributed by atoms with Gasteiger partial charge in [-0.05, 0) is 32.0 Å². The van der Waals surface area contributed by atoms with Gasteiger partial charge in [-0.25, -0.2) is 4.98 Å². The summed E-state index contributed by atoms with van der Waals surface area (Å²) in [5.41, 5.74) is 7.73. The smallest absolute Gasteiger partial charge is 0.161 e. The summed E-state index contributed by atoms with van der Waals surface area (Å²) in [7, 11) is 0. The maximum absolute atomic E-state index is 11.3. The van der Waals surface area contributed by atoms with Crippen LogP contribution in [0.3, 0.4) is 0 Å². The van der Waals surface area contributed by atoms with E-state index in [1.807, 2.05) is 13.0 Å². The highest BCUT2D eigenvalue weighted by Gasteiger charge is 2.09. The van der Waals surface area contributed by atoms with E-state index in [-0.39, 0.29) is 11.8 Å².